The van der Waals surface area contributed by atoms with Crippen molar-refractivity contribution in [1.82, 2.24) is 4.90 Å². The molecular weight excluding hydrogens is 413 g/mol. The summed E-state index contributed by atoms with van der Waals surface area (Å²) >= 11 is 0. The van der Waals surface area contributed by atoms with E-state index in [-0.39, 0.29) is 11.7 Å². The zero-order valence-electron chi connectivity index (χ0n) is 18.2. The van der Waals surface area contributed by atoms with Crippen LogP contribution >= 0.6 is 0 Å². The Labute approximate surface area is 186 Å². The van der Waals surface area contributed by atoms with E-state index in [1.165, 1.54) is 24.3 Å². The summed E-state index contributed by atoms with van der Waals surface area (Å²) in [6.45, 7) is 1.02. The maximum atomic E-state index is 13.3. The first-order chi connectivity index (χ1) is 15.5. The van der Waals surface area contributed by atoms with Crippen LogP contribution in [0.3, 0.4) is 0 Å². The molecule has 1 aliphatic rings. The molecule has 1 aliphatic heterocycles. The van der Waals surface area contributed by atoms with Crippen LogP contribution in [0.5, 0.6) is 23.0 Å². The van der Waals surface area contributed by atoms with Crippen molar-refractivity contribution in [3.63, 3.8) is 0 Å². The summed E-state index contributed by atoms with van der Waals surface area (Å²) in [5, 5.41) is 0. The molecule has 0 atom stereocenters. The molecule has 166 valence electrons. The number of fused-ring (bicyclic) bond motifs is 1. The van der Waals surface area contributed by atoms with Crippen LogP contribution in [-0.2, 0) is 6.54 Å². The van der Waals surface area contributed by atoms with E-state index in [1.807, 2.05) is 30.3 Å². The summed E-state index contributed by atoms with van der Waals surface area (Å²) in [4.78, 5) is 14.7. The lowest BCUT2D eigenvalue weighted by Gasteiger charge is -2.21. The van der Waals surface area contributed by atoms with Crippen LogP contribution in [0.1, 0.15) is 15.9 Å². The predicted octanol–water partition coefficient (Wildman–Crippen LogP) is 4.55. The second-order valence-electron chi connectivity index (χ2n) is 7.29. The van der Waals surface area contributed by atoms with Crippen LogP contribution in [0.15, 0.2) is 54.6 Å². The van der Waals surface area contributed by atoms with Gasteiger partial charge in [0.05, 0.1) is 33.4 Å². The molecule has 4 rings (SSSR count). The topological polar surface area (TPSA) is 57.2 Å². The average molecular weight is 437 g/mol. The highest BCUT2D eigenvalue weighted by atomic mass is 19.1. The lowest BCUT2D eigenvalue weighted by atomic mass is 9.99. The number of hydrogen-bond acceptors (Lipinski definition) is 5. The largest absolute Gasteiger partial charge is 0.496 e. The number of nitrogens with zero attached hydrogens (tertiary/aromatic N) is 1. The number of rotatable bonds is 5. The Kier molecular flexibility index (Phi) is 6.16. The fraction of sp³-hybridized carbons (Fsp3) is 0.240. The number of hydrogen-bond donors (Lipinski definition) is 0. The number of ether oxygens (including phenoxy) is 4. The van der Waals surface area contributed by atoms with Gasteiger partial charge in [0, 0.05) is 17.7 Å². The average Bonchev–Trinajstić information content (AvgIpc) is 3.05. The van der Waals surface area contributed by atoms with E-state index in [9.17, 15) is 9.18 Å². The van der Waals surface area contributed by atoms with Gasteiger partial charge >= 0.3 is 0 Å². The van der Waals surface area contributed by atoms with E-state index < -0.39 is 0 Å². The highest BCUT2D eigenvalue weighted by molar-refractivity contribution is 5.94. The first-order valence-corrected chi connectivity index (χ1v) is 10.2. The van der Waals surface area contributed by atoms with Crippen LogP contribution in [0.25, 0.3) is 11.1 Å². The molecule has 0 saturated carbocycles. The Hall–Kier alpha value is -3.74. The smallest absolute Gasteiger partial charge is 0.254 e. The molecule has 0 radical (unpaired) electrons. The van der Waals surface area contributed by atoms with Gasteiger partial charge in [0.2, 0.25) is 0 Å². The minimum atomic E-state index is -0.383. The summed E-state index contributed by atoms with van der Waals surface area (Å²) < 4.78 is 36.0. The van der Waals surface area contributed by atoms with Crippen LogP contribution in [0.4, 0.5) is 4.39 Å². The van der Waals surface area contributed by atoms with Crippen LogP contribution in [-0.4, -0.2) is 45.3 Å². The van der Waals surface area contributed by atoms with Gasteiger partial charge < -0.3 is 23.8 Å². The van der Waals surface area contributed by atoms with Crippen molar-refractivity contribution in [1.29, 1.82) is 0 Å². The van der Waals surface area contributed by atoms with Crippen molar-refractivity contribution in [3.8, 4) is 34.1 Å². The molecule has 7 heteroatoms. The van der Waals surface area contributed by atoms with Crippen LogP contribution in [0.2, 0.25) is 0 Å². The zero-order valence-corrected chi connectivity index (χ0v) is 18.2. The minimum Gasteiger partial charge on any atom is -0.496 e. The van der Waals surface area contributed by atoms with Gasteiger partial charge in [-0.25, -0.2) is 4.39 Å². The van der Waals surface area contributed by atoms with Crippen molar-refractivity contribution in [2.24, 2.45) is 0 Å². The van der Waals surface area contributed by atoms with E-state index >= 15 is 0 Å². The van der Waals surface area contributed by atoms with E-state index in [0.29, 0.717) is 48.3 Å². The third-order valence-electron chi connectivity index (χ3n) is 5.42. The monoisotopic (exact) mass is 437 g/mol. The molecule has 0 unspecified atom stereocenters. The Bertz CT molecular complexity index is 1110. The number of methoxy groups -OCH3 is 3. The number of carbonyl (C=O) groups is 1. The third kappa shape index (κ3) is 4.06. The van der Waals surface area contributed by atoms with Gasteiger partial charge in [-0.1, -0.05) is 6.07 Å². The zero-order chi connectivity index (χ0) is 22.7. The summed E-state index contributed by atoms with van der Waals surface area (Å²) in [7, 11) is 4.78. The van der Waals surface area contributed by atoms with Gasteiger partial charge in [0.25, 0.3) is 5.91 Å². The van der Waals surface area contributed by atoms with Gasteiger partial charge in [-0.3, -0.25) is 4.79 Å². The molecule has 6 nitrogen and oxygen atoms in total. The molecule has 0 spiro atoms. The van der Waals surface area contributed by atoms with Crippen molar-refractivity contribution < 1.29 is 28.1 Å². The Morgan fingerprint density at radius 1 is 0.938 bits per heavy atom. The van der Waals surface area contributed by atoms with Crippen molar-refractivity contribution in [3.05, 3.63) is 71.5 Å². The lowest BCUT2D eigenvalue weighted by molar-refractivity contribution is 0.0733. The second kappa shape index (κ2) is 9.18. The molecule has 0 N–H and O–H groups in total. The molecule has 0 bridgehead atoms. The second-order valence-corrected chi connectivity index (χ2v) is 7.29. The maximum absolute atomic E-state index is 13.3. The molecule has 0 fully saturated rings. The predicted molar refractivity (Wildman–Crippen MR) is 118 cm³/mol. The fourth-order valence-electron chi connectivity index (χ4n) is 3.86. The van der Waals surface area contributed by atoms with Crippen molar-refractivity contribution in [2.75, 3.05) is 34.5 Å². The molecule has 1 amide bonds. The Morgan fingerprint density at radius 2 is 1.59 bits per heavy atom. The molecule has 1 heterocycles. The molecule has 3 aromatic carbocycles. The molecule has 32 heavy (non-hydrogen) atoms. The van der Waals surface area contributed by atoms with Crippen LogP contribution < -0.4 is 18.9 Å². The van der Waals surface area contributed by atoms with Gasteiger partial charge in [-0.05, 0) is 54.1 Å². The summed E-state index contributed by atoms with van der Waals surface area (Å²) in [5.74, 6) is 1.88. The standard InChI is InChI=1S/C25H24FNO5/c1-29-20-5-4-6-21(30-2)23(20)17-13-18-15-27(11-12-32-24(18)22(14-17)31-3)25(28)16-7-9-19(26)10-8-16/h4-10,13-14H,11-12,15H2,1-3H3. The molecule has 0 aromatic heterocycles. The third-order valence-corrected chi connectivity index (χ3v) is 5.42. The normalized spacial score (nSPS) is 12.9. The molecule has 3 aromatic rings. The highest BCUT2D eigenvalue weighted by Crippen LogP contribution is 2.44. The highest BCUT2D eigenvalue weighted by Gasteiger charge is 2.25. The van der Waals surface area contributed by atoms with E-state index in [4.69, 9.17) is 18.9 Å². The first-order valence-electron chi connectivity index (χ1n) is 10.2. The van der Waals surface area contributed by atoms with Gasteiger partial charge in [-0.2, -0.15) is 0 Å². The molecule has 0 aliphatic carbocycles. The van der Waals surface area contributed by atoms with E-state index in [0.717, 1.165) is 16.7 Å². The van der Waals surface area contributed by atoms with E-state index in [2.05, 4.69) is 0 Å². The number of benzene rings is 3. The number of amides is 1. The fourth-order valence-corrected chi connectivity index (χ4v) is 3.86. The van der Waals surface area contributed by atoms with Gasteiger partial charge in [0.1, 0.15) is 23.9 Å². The summed E-state index contributed by atoms with van der Waals surface area (Å²) in [5.41, 5.74) is 2.80. The molecular formula is C25H24FNO5. The SMILES string of the molecule is COc1cc(-c2c(OC)cccc2OC)cc2c1OCCN(C(=O)c1ccc(F)cc1)C2. The molecule has 0 saturated heterocycles. The summed E-state index contributed by atoms with van der Waals surface area (Å²) in [6.07, 6.45) is 0. The van der Waals surface area contributed by atoms with Crippen molar-refractivity contribution in [2.45, 2.75) is 6.54 Å². The van der Waals surface area contributed by atoms with E-state index in [1.54, 1.807) is 26.2 Å². The lowest BCUT2D eigenvalue weighted by Crippen LogP contribution is -2.32. The Balaban J connectivity index is 1.77. The quantitative estimate of drug-likeness (QED) is 0.586. The van der Waals surface area contributed by atoms with Crippen LogP contribution in [0, 0.1) is 5.82 Å². The number of halogens is 1. The first kappa shape index (κ1) is 21.5. The number of carbonyl (C=O) groups excluding carboxylic acids is 1. The van der Waals surface area contributed by atoms with Crippen molar-refractivity contribution >= 4 is 5.91 Å². The van der Waals surface area contributed by atoms with Gasteiger partial charge in [0.15, 0.2) is 11.5 Å². The summed E-state index contributed by atoms with van der Waals surface area (Å²) in [6, 6.07) is 14.9. The van der Waals surface area contributed by atoms with Gasteiger partial charge in [-0.15, -0.1) is 0 Å². The minimum absolute atomic E-state index is 0.194. The Morgan fingerprint density at radius 3 is 2.22 bits per heavy atom. The maximum Gasteiger partial charge on any atom is 0.254 e.